The van der Waals surface area contributed by atoms with Crippen molar-refractivity contribution in [3.8, 4) is 0 Å². The molecular formula is C16H21N3. The number of nitrogen functional groups attached to an aromatic ring is 1. The lowest BCUT2D eigenvalue weighted by Crippen LogP contribution is -2.56. The van der Waals surface area contributed by atoms with Crippen LogP contribution in [-0.4, -0.2) is 35.5 Å². The van der Waals surface area contributed by atoms with Crippen molar-refractivity contribution in [2.45, 2.75) is 25.4 Å². The second-order valence-electron chi connectivity index (χ2n) is 6.11. The molecule has 4 heterocycles. The van der Waals surface area contributed by atoms with Crippen molar-refractivity contribution in [1.29, 1.82) is 0 Å². The highest BCUT2D eigenvalue weighted by Crippen LogP contribution is 2.34. The van der Waals surface area contributed by atoms with Crippen molar-refractivity contribution in [1.82, 2.24) is 9.80 Å². The van der Waals surface area contributed by atoms with E-state index in [0.29, 0.717) is 6.04 Å². The molecule has 2 N–H and O–H groups in total. The van der Waals surface area contributed by atoms with E-state index in [1.54, 1.807) is 0 Å². The maximum Gasteiger partial charge on any atom is 0.0444 e. The quantitative estimate of drug-likeness (QED) is 0.780. The fourth-order valence-electron chi connectivity index (χ4n) is 3.93. The Morgan fingerprint density at radius 1 is 1.16 bits per heavy atom. The fourth-order valence-corrected chi connectivity index (χ4v) is 3.93. The number of piperidine rings is 3. The largest absolute Gasteiger partial charge is 0.398 e. The summed E-state index contributed by atoms with van der Waals surface area (Å²) in [6, 6.07) is 6.98. The molecule has 19 heavy (non-hydrogen) atoms. The third-order valence-electron chi connectivity index (χ3n) is 5.06. The lowest BCUT2D eigenvalue weighted by atomic mass is 9.82. The first-order valence-corrected chi connectivity index (χ1v) is 7.35. The summed E-state index contributed by atoms with van der Waals surface area (Å²) >= 11 is 0. The van der Waals surface area contributed by atoms with Gasteiger partial charge in [0.25, 0.3) is 0 Å². The first-order chi connectivity index (χ1) is 9.31. The lowest BCUT2D eigenvalue weighted by Gasteiger charge is -2.49. The molecule has 3 heteroatoms. The zero-order chi connectivity index (χ0) is 12.8. The molecular weight excluding hydrogens is 234 g/mol. The molecule has 1 aromatic carbocycles. The van der Waals surface area contributed by atoms with E-state index in [2.05, 4.69) is 34.2 Å². The molecule has 0 spiro atoms. The van der Waals surface area contributed by atoms with Crippen LogP contribution in [0.3, 0.4) is 0 Å². The third kappa shape index (κ3) is 1.84. The average molecular weight is 255 g/mol. The summed E-state index contributed by atoms with van der Waals surface area (Å²) < 4.78 is 0. The molecule has 3 fully saturated rings. The molecule has 4 aliphatic rings. The van der Waals surface area contributed by atoms with Crippen molar-refractivity contribution >= 4 is 11.8 Å². The number of fused-ring (bicyclic) bond motifs is 4. The predicted octanol–water partition coefficient (Wildman–Crippen LogP) is 2.15. The van der Waals surface area contributed by atoms with E-state index in [4.69, 9.17) is 5.73 Å². The van der Waals surface area contributed by atoms with Crippen LogP contribution >= 0.6 is 0 Å². The standard InChI is InChI=1S/C16H21N3/c17-15-3-1-2-13-10-19(9-6-14(13)15)16-11-18-7-4-12(16)5-8-18/h1-3,6,9,12,16H,4-5,7-8,10-11,17H2. The SMILES string of the molecule is Nc1cccc2c1C=CN(C1CN3CCC1CC3)C2. The average Bonchev–Trinajstić information content (AvgIpc) is 2.48. The van der Waals surface area contributed by atoms with Crippen molar-refractivity contribution in [3.05, 3.63) is 35.5 Å². The van der Waals surface area contributed by atoms with Crippen LogP contribution in [0.2, 0.25) is 0 Å². The second-order valence-corrected chi connectivity index (χ2v) is 6.11. The Labute approximate surface area is 114 Å². The van der Waals surface area contributed by atoms with Crippen molar-refractivity contribution in [2.24, 2.45) is 5.92 Å². The van der Waals surface area contributed by atoms with Crippen LogP contribution in [0.1, 0.15) is 24.0 Å². The van der Waals surface area contributed by atoms with Gasteiger partial charge in [-0.15, -0.1) is 0 Å². The highest BCUT2D eigenvalue weighted by molar-refractivity contribution is 5.68. The number of hydrogen-bond donors (Lipinski definition) is 1. The molecule has 4 aliphatic heterocycles. The summed E-state index contributed by atoms with van der Waals surface area (Å²) in [6.07, 6.45) is 7.22. The summed E-state index contributed by atoms with van der Waals surface area (Å²) in [4.78, 5) is 5.16. The highest BCUT2D eigenvalue weighted by Gasteiger charge is 2.37. The van der Waals surface area contributed by atoms with E-state index in [0.717, 1.165) is 18.2 Å². The minimum atomic E-state index is 0.702. The zero-order valence-electron chi connectivity index (χ0n) is 11.3. The van der Waals surface area contributed by atoms with Crippen molar-refractivity contribution < 1.29 is 0 Å². The van der Waals surface area contributed by atoms with Gasteiger partial charge in [0.2, 0.25) is 0 Å². The van der Waals surface area contributed by atoms with Crippen molar-refractivity contribution in [3.63, 3.8) is 0 Å². The first kappa shape index (κ1) is 11.4. The topological polar surface area (TPSA) is 32.5 Å². The number of anilines is 1. The van der Waals surface area contributed by atoms with Crippen LogP contribution < -0.4 is 5.73 Å². The number of benzene rings is 1. The molecule has 0 amide bonds. The second kappa shape index (κ2) is 4.27. The molecule has 0 aromatic heterocycles. The maximum absolute atomic E-state index is 6.05. The van der Waals surface area contributed by atoms with Gasteiger partial charge in [0.15, 0.2) is 0 Å². The number of nitrogens with two attached hydrogens (primary N) is 1. The normalized spacial score (nSPS) is 32.4. The van der Waals surface area contributed by atoms with Gasteiger partial charge >= 0.3 is 0 Å². The van der Waals surface area contributed by atoms with Gasteiger partial charge in [-0.25, -0.2) is 0 Å². The molecule has 5 rings (SSSR count). The minimum absolute atomic E-state index is 0.702. The van der Waals surface area contributed by atoms with E-state index in [1.807, 2.05) is 6.07 Å². The van der Waals surface area contributed by atoms with E-state index < -0.39 is 0 Å². The maximum atomic E-state index is 6.05. The molecule has 0 aliphatic carbocycles. The molecule has 1 aromatic rings. The summed E-state index contributed by atoms with van der Waals surface area (Å²) in [5.74, 6) is 0.886. The van der Waals surface area contributed by atoms with Crippen LogP contribution in [0.5, 0.6) is 0 Å². The van der Waals surface area contributed by atoms with Gasteiger partial charge in [-0.3, -0.25) is 0 Å². The van der Waals surface area contributed by atoms with Gasteiger partial charge in [0.05, 0.1) is 0 Å². The molecule has 0 saturated carbocycles. The molecule has 1 unspecified atom stereocenters. The Kier molecular flexibility index (Phi) is 2.55. The van der Waals surface area contributed by atoms with Crippen LogP contribution in [0, 0.1) is 5.92 Å². The Balaban J connectivity index is 1.60. The molecule has 3 saturated heterocycles. The minimum Gasteiger partial charge on any atom is -0.398 e. The van der Waals surface area contributed by atoms with Gasteiger partial charge in [0.1, 0.15) is 0 Å². The van der Waals surface area contributed by atoms with Crippen LogP contribution in [0.15, 0.2) is 24.4 Å². The number of hydrogen-bond acceptors (Lipinski definition) is 3. The zero-order valence-corrected chi connectivity index (χ0v) is 11.3. The van der Waals surface area contributed by atoms with Crippen LogP contribution in [0.4, 0.5) is 5.69 Å². The predicted molar refractivity (Wildman–Crippen MR) is 78.4 cm³/mol. The van der Waals surface area contributed by atoms with Crippen LogP contribution in [-0.2, 0) is 6.54 Å². The molecule has 0 radical (unpaired) electrons. The number of nitrogens with zero attached hydrogens (tertiary/aromatic N) is 2. The van der Waals surface area contributed by atoms with E-state index in [-0.39, 0.29) is 0 Å². The molecule has 3 nitrogen and oxygen atoms in total. The smallest absolute Gasteiger partial charge is 0.0444 e. The summed E-state index contributed by atoms with van der Waals surface area (Å²) in [5.41, 5.74) is 9.55. The fraction of sp³-hybridized carbons (Fsp3) is 0.500. The van der Waals surface area contributed by atoms with Gasteiger partial charge in [-0.2, -0.15) is 0 Å². The van der Waals surface area contributed by atoms with Gasteiger partial charge in [0, 0.05) is 36.6 Å². The molecule has 2 bridgehead atoms. The summed E-state index contributed by atoms with van der Waals surface area (Å²) in [7, 11) is 0. The molecule has 1 atom stereocenters. The Morgan fingerprint density at radius 3 is 2.74 bits per heavy atom. The Hall–Kier alpha value is -1.48. The van der Waals surface area contributed by atoms with E-state index in [1.165, 1.54) is 43.6 Å². The molecule has 100 valence electrons. The Bertz CT molecular complexity index is 515. The van der Waals surface area contributed by atoms with Crippen molar-refractivity contribution in [2.75, 3.05) is 25.4 Å². The monoisotopic (exact) mass is 255 g/mol. The highest BCUT2D eigenvalue weighted by atomic mass is 15.2. The summed E-state index contributed by atoms with van der Waals surface area (Å²) in [6.45, 7) is 4.88. The lowest BCUT2D eigenvalue weighted by molar-refractivity contribution is 0.0225. The van der Waals surface area contributed by atoms with Gasteiger partial charge in [-0.1, -0.05) is 12.1 Å². The van der Waals surface area contributed by atoms with Crippen LogP contribution in [0.25, 0.3) is 6.08 Å². The van der Waals surface area contributed by atoms with E-state index >= 15 is 0 Å². The number of rotatable bonds is 1. The van der Waals surface area contributed by atoms with Gasteiger partial charge < -0.3 is 15.5 Å². The third-order valence-corrected chi connectivity index (χ3v) is 5.06. The van der Waals surface area contributed by atoms with E-state index in [9.17, 15) is 0 Å². The first-order valence-electron chi connectivity index (χ1n) is 7.35. The summed E-state index contributed by atoms with van der Waals surface area (Å²) in [5, 5.41) is 0. The van der Waals surface area contributed by atoms with Gasteiger partial charge in [-0.05, 0) is 49.6 Å². The Morgan fingerprint density at radius 2 is 2.00 bits per heavy atom.